The molecule has 80 valence electrons. The summed E-state index contributed by atoms with van der Waals surface area (Å²) in [7, 11) is 7.49. The topological polar surface area (TPSA) is 38.0 Å². The quantitative estimate of drug-likeness (QED) is 0.752. The maximum Gasteiger partial charge on any atom is 0.137 e. The molecule has 0 aliphatic rings. The predicted molar refractivity (Wildman–Crippen MR) is 64.7 cm³/mol. The molecule has 4 heteroatoms. The summed E-state index contributed by atoms with van der Waals surface area (Å²) < 4.78 is 1.83. The highest BCUT2D eigenvalue weighted by Gasteiger charge is 2.10. The predicted octanol–water partition coefficient (Wildman–Crippen LogP) is 0.934. The van der Waals surface area contributed by atoms with E-state index in [4.69, 9.17) is 7.85 Å². The van der Waals surface area contributed by atoms with E-state index in [0.717, 1.165) is 16.7 Å². The van der Waals surface area contributed by atoms with Crippen LogP contribution in [0.5, 0.6) is 0 Å². The molecule has 2 radical (unpaired) electrons. The molecule has 1 unspecified atom stereocenters. The van der Waals surface area contributed by atoms with E-state index in [1.165, 1.54) is 0 Å². The summed E-state index contributed by atoms with van der Waals surface area (Å²) in [5, 5.41) is 9.51. The van der Waals surface area contributed by atoms with E-state index in [2.05, 4.69) is 4.98 Å². The molecule has 0 aliphatic heterocycles. The van der Waals surface area contributed by atoms with E-state index < -0.39 is 6.10 Å². The molecule has 3 nitrogen and oxygen atoms in total. The molecule has 1 heterocycles. The van der Waals surface area contributed by atoms with Crippen LogP contribution in [0.3, 0.4) is 0 Å². The minimum Gasteiger partial charge on any atom is -0.385 e. The number of benzene rings is 1. The van der Waals surface area contributed by atoms with E-state index in [1.54, 1.807) is 6.92 Å². The number of hydrogen-bond acceptors (Lipinski definition) is 2. The summed E-state index contributed by atoms with van der Waals surface area (Å²) in [5.41, 5.74) is 2.57. The first-order chi connectivity index (χ1) is 7.58. The summed E-state index contributed by atoms with van der Waals surface area (Å²) in [6.45, 7) is 1.70. The van der Waals surface area contributed by atoms with Gasteiger partial charge in [0.2, 0.25) is 0 Å². The van der Waals surface area contributed by atoms with Crippen molar-refractivity contribution in [2.45, 2.75) is 13.0 Å². The molecule has 1 N–H and O–H groups in total. The summed E-state index contributed by atoms with van der Waals surface area (Å²) >= 11 is 0. The maximum absolute atomic E-state index is 9.51. The molecule has 1 aromatic carbocycles. The van der Waals surface area contributed by atoms with Crippen molar-refractivity contribution < 1.29 is 5.11 Å². The molecule has 2 rings (SSSR count). The van der Waals surface area contributed by atoms with E-state index in [-0.39, 0.29) is 0 Å². The largest absolute Gasteiger partial charge is 0.385 e. The minimum atomic E-state index is -0.562. The fourth-order valence-electron chi connectivity index (χ4n) is 1.66. The number of hydrogen-bond donors (Lipinski definition) is 1. The van der Waals surface area contributed by atoms with Crippen molar-refractivity contribution in [1.29, 1.82) is 0 Å². The Bertz CT molecular complexity index is 488. The Kier molecular flexibility index (Phi) is 2.83. The lowest BCUT2D eigenvalue weighted by Gasteiger charge is -2.01. The number of aliphatic hydroxyl groups excluding tert-OH is 1. The zero-order valence-corrected chi connectivity index (χ0v) is 9.38. The van der Waals surface area contributed by atoms with Gasteiger partial charge in [-0.2, -0.15) is 0 Å². The second-order valence-electron chi connectivity index (χ2n) is 3.89. The van der Waals surface area contributed by atoms with E-state index >= 15 is 0 Å². The third-order valence-corrected chi connectivity index (χ3v) is 2.49. The van der Waals surface area contributed by atoms with Crippen LogP contribution in [0.2, 0.25) is 0 Å². The molecule has 1 atom stereocenters. The smallest absolute Gasteiger partial charge is 0.137 e. The first kappa shape index (κ1) is 11.0. The molecule has 16 heavy (non-hydrogen) atoms. The Hall–Kier alpha value is -1.55. The standard InChI is InChI=1S/C12H13BN2O/c1-8(16)12-14-11(7-15(12)2)9-3-5-10(13)6-4-9/h3-8,16H,1-2H3. The van der Waals surface area contributed by atoms with Crippen molar-refractivity contribution in [3.63, 3.8) is 0 Å². The first-order valence-corrected chi connectivity index (χ1v) is 5.15. The van der Waals surface area contributed by atoms with Crippen molar-refractivity contribution >= 4 is 13.3 Å². The van der Waals surface area contributed by atoms with Crippen LogP contribution in [0, 0.1) is 0 Å². The molecular weight excluding hydrogens is 199 g/mol. The highest BCUT2D eigenvalue weighted by Crippen LogP contribution is 2.19. The monoisotopic (exact) mass is 212 g/mol. The summed E-state index contributed by atoms with van der Waals surface area (Å²) in [4.78, 5) is 4.38. The highest BCUT2D eigenvalue weighted by atomic mass is 16.3. The Balaban J connectivity index is 2.41. The van der Waals surface area contributed by atoms with Gasteiger partial charge in [-0.25, -0.2) is 4.98 Å². The maximum atomic E-state index is 9.51. The number of rotatable bonds is 2. The van der Waals surface area contributed by atoms with Gasteiger partial charge >= 0.3 is 0 Å². The van der Waals surface area contributed by atoms with E-state index in [1.807, 2.05) is 42.1 Å². The van der Waals surface area contributed by atoms with Gasteiger partial charge in [0.1, 0.15) is 19.8 Å². The molecule has 0 bridgehead atoms. The van der Waals surface area contributed by atoms with Crippen LogP contribution < -0.4 is 5.46 Å². The van der Waals surface area contributed by atoms with Crippen LogP contribution in [-0.2, 0) is 7.05 Å². The summed E-state index contributed by atoms with van der Waals surface area (Å²) in [5.74, 6) is 0.659. The van der Waals surface area contributed by atoms with E-state index in [9.17, 15) is 5.11 Å². The Morgan fingerprint density at radius 2 is 1.94 bits per heavy atom. The van der Waals surface area contributed by atoms with Crippen LogP contribution in [0.25, 0.3) is 11.3 Å². The van der Waals surface area contributed by atoms with Crippen LogP contribution in [0.15, 0.2) is 30.5 Å². The number of aryl methyl sites for hydroxylation is 1. The van der Waals surface area contributed by atoms with Crippen molar-refractivity contribution in [3.05, 3.63) is 36.3 Å². The average Bonchev–Trinajstić information content (AvgIpc) is 2.61. The van der Waals surface area contributed by atoms with Crippen LogP contribution in [0.1, 0.15) is 18.9 Å². The third kappa shape index (κ3) is 2.02. The zero-order valence-electron chi connectivity index (χ0n) is 9.38. The van der Waals surface area contributed by atoms with Gasteiger partial charge in [-0.3, -0.25) is 0 Å². The van der Waals surface area contributed by atoms with Gasteiger partial charge in [0, 0.05) is 18.8 Å². The number of aliphatic hydroxyl groups is 1. The normalized spacial score (nSPS) is 12.7. The fourth-order valence-corrected chi connectivity index (χ4v) is 1.66. The number of aromatic nitrogens is 2. The van der Waals surface area contributed by atoms with Crippen molar-refractivity contribution in [1.82, 2.24) is 9.55 Å². The highest BCUT2D eigenvalue weighted by molar-refractivity contribution is 6.32. The number of nitrogens with zero attached hydrogens (tertiary/aromatic N) is 2. The SMILES string of the molecule is [B]c1ccc(-c2cn(C)c(C(C)O)n2)cc1. The zero-order chi connectivity index (χ0) is 11.7. The second-order valence-corrected chi connectivity index (χ2v) is 3.89. The molecule has 0 aliphatic carbocycles. The molecule has 0 fully saturated rings. The fraction of sp³-hybridized carbons (Fsp3) is 0.250. The summed E-state index contributed by atoms with van der Waals surface area (Å²) in [6, 6.07) is 7.52. The van der Waals surface area contributed by atoms with Gasteiger partial charge in [-0.15, -0.1) is 0 Å². The van der Waals surface area contributed by atoms with Gasteiger partial charge in [-0.1, -0.05) is 29.7 Å². The van der Waals surface area contributed by atoms with Crippen LogP contribution in [-0.4, -0.2) is 22.5 Å². The van der Waals surface area contributed by atoms with Crippen molar-refractivity contribution in [3.8, 4) is 11.3 Å². The molecule has 1 aromatic heterocycles. The number of imidazole rings is 1. The lowest BCUT2D eigenvalue weighted by Crippen LogP contribution is -2.00. The molecule has 0 spiro atoms. The minimum absolute atomic E-state index is 0.562. The Morgan fingerprint density at radius 3 is 2.44 bits per heavy atom. The molecule has 0 saturated carbocycles. The van der Waals surface area contributed by atoms with E-state index in [0.29, 0.717) is 5.82 Å². The van der Waals surface area contributed by atoms with Crippen LogP contribution >= 0.6 is 0 Å². The summed E-state index contributed by atoms with van der Waals surface area (Å²) in [6.07, 6.45) is 1.33. The van der Waals surface area contributed by atoms with Gasteiger partial charge < -0.3 is 9.67 Å². The van der Waals surface area contributed by atoms with Gasteiger partial charge in [0.25, 0.3) is 0 Å². The molecule has 2 aromatic rings. The molecular formula is C12H13BN2O. The third-order valence-electron chi connectivity index (χ3n) is 2.49. The Labute approximate surface area is 96.2 Å². The first-order valence-electron chi connectivity index (χ1n) is 5.15. The molecule has 0 amide bonds. The van der Waals surface area contributed by atoms with Gasteiger partial charge in [0.15, 0.2) is 0 Å². The van der Waals surface area contributed by atoms with Crippen LogP contribution in [0.4, 0.5) is 0 Å². The lowest BCUT2D eigenvalue weighted by molar-refractivity contribution is 0.185. The molecule has 0 saturated heterocycles. The van der Waals surface area contributed by atoms with Crippen molar-refractivity contribution in [2.75, 3.05) is 0 Å². The Morgan fingerprint density at radius 1 is 1.31 bits per heavy atom. The lowest BCUT2D eigenvalue weighted by atomic mass is 9.95. The average molecular weight is 212 g/mol. The van der Waals surface area contributed by atoms with Gasteiger partial charge in [0.05, 0.1) is 5.69 Å². The van der Waals surface area contributed by atoms with Gasteiger partial charge in [-0.05, 0) is 6.92 Å². The second kappa shape index (κ2) is 4.14. The van der Waals surface area contributed by atoms with Crippen molar-refractivity contribution in [2.24, 2.45) is 7.05 Å².